The molecule has 2 aromatic carbocycles. The van der Waals surface area contributed by atoms with Crippen LogP contribution in [0.4, 0.5) is 4.79 Å². The van der Waals surface area contributed by atoms with Crippen molar-refractivity contribution in [3.63, 3.8) is 0 Å². The first-order valence-corrected chi connectivity index (χ1v) is 11.9. The molecule has 3 aromatic rings. The number of carbonyl (C=O) groups is 2. The van der Waals surface area contributed by atoms with Crippen LogP contribution in [-0.4, -0.2) is 41.7 Å². The Morgan fingerprint density at radius 3 is 2.62 bits per heavy atom. The number of amides is 2. The number of methoxy groups -OCH3 is 1. The Labute approximate surface area is 199 Å². The molecule has 1 heterocycles. The summed E-state index contributed by atoms with van der Waals surface area (Å²) in [5, 5.41) is 6.12. The number of aromatic amines is 1. The van der Waals surface area contributed by atoms with Gasteiger partial charge in [0.1, 0.15) is 11.6 Å². The molecule has 3 N–H and O–H groups in total. The molecule has 0 radical (unpaired) electrons. The molecule has 0 saturated heterocycles. The highest BCUT2D eigenvalue weighted by Crippen LogP contribution is 2.26. The molecule has 1 saturated carbocycles. The summed E-state index contributed by atoms with van der Waals surface area (Å²) in [4.78, 5) is 33.6. The van der Waals surface area contributed by atoms with Crippen molar-refractivity contribution in [1.29, 1.82) is 0 Å². The second-order valence-electron chi connectivity index (χ2n) is 8.61. The summed E-state index contributed by atoms with van der Waals surface area (Å²) in [5.41, 5.74) is 2.79. The van der Waals surface area contributed by atoms with E-state index in [1.165, 1.54) is 0 Å². The van der Waals surface area contributed by atoms with Gasteiger partial charge < -0.3 is 25.1 Å². The number of fused-ring (bicyclic) bond motifs is 1. The van der Waals surface area contributed by atoms with Crippen molar-refractivity contribution in [2.24, 2.45) is 5.92 Å². The number of urea groups is 1. The Kier molecular flexibility index (Phi) is 7.67. The van der Waals surface area contributed by atoms with Crippen molar-refractivity contribution in [3.05, 3.63) is 59.9 Å². The first-order chi connectivity index (χ1) is 16.6. The summed E-state index contributed by atoms with van der Waals surface area (Å²) in [6, 6.07) is 14.6. The summed E-state index contributed by atoms with van der Waals surface area (Å²) in [7, 11) is 1.63. The number of aromatic nitrogens is 2. The molecule has 3 atom stereocenters. The van der Waals surface area contributed by atoms with E-state index in [1.54, 1.807) is 14.0 Å². The molecule has 2 amide bonds. The predicted molar refractivity (Wildman–Crippen MR) is 130 cm³/mol. The molecule has 1 aliphatic rings. The lowest BCUT2D eigenvalue weighted by Crippen LogP contribution is -2.50. The van der Waals surface area contributed by atoms with Crippen LogP contribution in [-0.2, 0) is 16.0 Å². The van der Waals surface area contributed by atoms with E-state index >= 15 is 0 Å². The van der Waals surface area contributed by atoms with Crippen LogP contribution in [0.25, 0.3) is 11.0 Å². The van der Waals surface area contributed by atoms with E-state index in [2.05, 4.69) is 15.6 Å². The number of hydrogen-bond acceptors (Lipinski definition) is 5. The average Bonchev–Trinajstić information content (AvgIpc) is 3.29. The quantitative estimate of drug-likeness (QED) is 0.432. The zero-order chi connectivity index (χ0) is 23.9. The molecule has 1 aromatic heterocycles. The van der Waals surface area contributed by atoms with Crippen molar-refractivity contribution in [2.75, 3.05) is 13.7 Å². The van der Waals surface area contributed by atoms with Gasteiger partial charge in [0.15, 0.2) is 0 Å². The summed E-state index contributed by atoms with van der Waals surface area (Å²) in [6.07, 6.45) is 3.96. The van der Waals surface area contributed by atoms with Gasteiger partial charge in [0, 0.05) is 6.04 Å². The van der Waals surface area contributed by atoms with Gasteiger partial charge in [0.25, 0.3) is 0 Å². The molecule has 0 unspecified atom stereocenters. The number of H-pyrrole nitrogens is 1. The van der Waals surface area contributed by atoms with Gasteiger partial charge in [-0.1, -0.05) is 37.1 Å². The number of rotatable bonds is 8. The number of para-hydroxylation sites is 2. The molecule has 8 nitrogen and oxygen atoms in total. The molecular weight excluding hydrogens is 432 g/mol. The molecule has 1 fully saturated rings. The van der Waals surface area contributed by atoms with Crippen LogP contribution >= 0.6 is 0 Å². The molecular formula is C26H32N4O4. The molecule has 0 spiro atoms. The first kappa shape index (κ1) is 23.6. The van der Waals surface area contributed by atoms with Gasteiger partial charge in [-0.3, -0.25) is 4.79 Å². The SMILES string of the molecule is CCOC(=O)[C@@H]1CCCC[C@H]1NC(=O)N[C@H](Cc1ccc(OC)cc1)c1nc2ccccc2[nH]1. The molecule has 34 heavy (non-hydrogen) atoms. The van der Waals surface area contributed by atoms with Crippen LogP contribution in [0, 0.1) is 5.92 Å². The molecule has 0 aliphatic heterocycles. The normalized spacial score (nSPS) is 18.8. The van der Waals surface area contributed by atoms with Crippen molar-refractivity contribution >= 4 is 23.0 Å². The second-order valence-corrected chi connectivity index (χ2v) is 8.61. The lowest BCUT2D eigenvalue weighted by molar-refractivity contribution is -0.149. The maximum Gasteiger partial charge on any atom is 0.315 e. The highest BCUT2D eigenvalue weighted by molar-refractivity contribution is 5.78. The number of carbonyl (C=O) groups excluding carboxylic acids is 2. The number of esters is 1. The van der Waals surface area contributed by atoms with Crippen LogP contribution in [0.15, 0.2) is 48.5 Å². The van der Waals surface area contributed by atoms with E-state index < -0.39 is 0 Å². The lowest BCUT2D eigenvalue weighted by atomic mass is 9.84. The smallest absolute Gasteiger partial charge is 0.315 e. The molecule has 1 aliphatic carbocycles. The van der Waals surface area contributed by atoms with Crippen molar-refractivity contribution in [1.82, 2.24) is 20.6 Å². The zero-order valence-electron chi connectivity index (χ0n) is 19.7. The molecule has 180 valence electrons. The fraction of sp³-hybridized carbons (Fsp3) is 0.423. The number of nitrogens with zero attached hydrogens (tertiary/aromatic N) is 1. The predicted octanol–water partition coefficient (Wildman–Crippen LogP) is 4.28. The van der Waals surface area contributed by atoms with E-state index in [9.17, 15) is 9.59 Å². The second kappa shape index (κ2) is 11.0. The third-order valence-corrected chi connectivity index (χ3v) is 6.31. The van der Waals surface area contributed by atoms with Crippen LogP contribution in [0.1, 0.15) is 50.0 Å². The summed E-state index contributed by atoms with van der Waals surface area (Å²) < 4.78 is 10.5. The van der Waals surface area contributed by atoms with Crippen LogP contribution in [0.5, 0.6) is 5.75 Å². The minimum absolute atomic E-state index is 0.237. The Hall–Kier alpha value is -3.55. The average molecular weight is 465 g/mol. The summed E-state index contributed by atoms with van der Waals surface area (Å²) >= 11 is 0. The highest BCUT2D eigenvalue weighted by Gasteiger charge is 2.33. The number of hydrogen-bond donors (Lipinski definition) is 3. The Morgan fingerprint density at radius 1 is 1.12 bits per heavy atom. The summed E-state index contributed by atoms with van der Waals surface area (Å²) in [5.74, 6) is 0.903. The van der Waals surface area contributed by atoms with Crippen LogP contribution in [0.2, 0.25) is 0 Å². The van der Waals surface area contributed by atoms with Crippen LogP contribution < -0.4 is 15.4 Å². The number of benzene rings is 2. The van der Waals surface area contributed by atoms with E-state index in [1.807, 2.05) is 48.5 Å². The number of imidazole rings is 1. The standard InChI is InChI=1S/C26H32N4O4/c1-3-34-25(31)19-8-4-5-9-20(19)29-26(32)30-23(16-17-12-14-18(33-2)15-13-17)24-27-21-10-6-7-11-22(21)28-24/h6-7,10-15,19-20,23H,3-5,8-9,16H2,1-2H3,(H,27,28)(H2,29,30,32)/t19-,20-,23-/m1/s1. The van der Waals surface area contributed by atoms with Gasteiger partial charge in [0.2, 0.25) is 0 Å². The van der Waals surface area contributed by atoms with E-state index in [0.29, 0.717) is 18.9 Å². The van der Waals surface area contributed by atoms with Crippen molar-refractivity contribution in [2.45, 2.75) is 51.1 Å². The van der Waals surface area contributed by atoms with Gasteiger partial charge in [0.05, 0.1) is 36.7 Å². The zero-order valence-corrected chi connectivity index (χ0v) is 19.7. The maximum atomic E-state index is 13.1. The van der Waals surface area contributed by atoms with E-state index in [4.69, 9.17) is 14.5 Å². The Morgan fingerprint density at radius 2 is 1.88 bits per heavy atom. The van der Waals surface area contributed by atoms with Crippen molar-refractivity contribution < 1.29 is 19.1 Å². The highest BCUT2D eigenvalue weighted by atomic mass is 16.5. The van der Waals surface area contributed by atoms with Gasteiger partial charge >= 0.3 is 12.0 Å². The lowest BCUT2D eigenvalue weighted by Gasteiger charge is -2.31. The third kappa shape index (κ3) is 5.68. The molecule has 4 rings (SSSR count). The third-order valence-electron chi connectivity index (χ3n) is 6.31. The van der Waals surface area contributed by atoms with Gasteiger partial charge in [-0.05, 0) is 56.0 Å². The van der Waals surface area contributed by atoms with Gasteiger partial charge in [-0.25, -0.2) is 9.78 Å². The minimum Gasteiger partial charge on any atom is -0.497 e. The van der Waals surface area contributed by atoms with E-state index in [0.717, 1.165) is 48.0 Å². The Balaban J connectivity index is 1.51. The first-order valence-electron chi connectivity index (χ1n) is 11.9. The fourth-order valence-electron chi connectivity index (χ4n) is 4.55. The summed E-state index contributed by atoms with van der Waals surface area (Å²) in [6.45, 7) is 2.14. The fourth-order valence-corrected chi connectivity index (χ4v) is 4.55. The molecule has 0 bridgehead atoms. The monoisotopic (exact) mass is 464 g/mol. The largest absolute Gasteiger partial charge is 0.497 e. The van der Waals surface area contributed by atoms with Crippen molar-refractivity contribution in [3.8, 4) is 5.75 Å². The maximum absolute atomic E-state index is 13.1. The molecule has 8 heteroatoms. The minimum atomic E-state index is -0.384. The van der Waals surface area contributed by atoms with Gasteiger partial charge in [-0.2, -0.15) is 0 Å². The topological polar surface area (TPSA) is 105 Å². The van der Waals surface area contributed by atoms with E-state index in [-0.39, 0.29) is 30.0 Å². The van der Waals surface area contributed by atoms with Gasteiger partial charge in [-0.15, -0.1) is 0 Å². The number of ether oxygens (including phenoxy) is 2. The number of nitrogens with one attached hydrogen (secondary N) is 3. The Bertz CT molecular complexity index is 1080. The van der Waals surface area contributed by atoms with Crippen LogP contribution in [0.3, 0.4) is 0 Å².